The Morgan fingerprint density at radius 3 is 3.00 bits per heavy atom. The molecule has 0 bridgehead atoms. The van der Waals surface area contributed by atoms with Gasteiger partial charge in [0.1, 0.15) is 6.07 Å². The summed E-state index contributed by atoms with van der Waals surface area (Å²) in [5, 5.41) is 8.32. The van der Waals surface area contributed by atoms with E-state index in [0.717, 1.165) is 5.57 Å². The van der Waals surface area contributed by atoms with E-state index in [1.807, 2.05) is 6.92 Å². The van der Waals surface area contributed by atoms with Gasteiger partial charge in [0.15, 0.2) is 11.5 Å². The Morgan fingerprint density at radius 2 is 2.50 bits per heavy atom. The number of hydrogen-bond donors (Lipinski definition) is 0. The molecule has 10 heavy (non-hydrogen) atoms. The van der Waals surface area contributed by atoms with Gasteiger partial charge in [-0.05, 0) is 12.5 Å². The monoisotopic (exact) mass is 134 g/mol. The van der Waals surface area contributed by atoms with Crippen LogP contribution in [0.3, 0.4) is 0 Å². The molecule has 1 rings (SSSR count). The molecule has 1 aliphatic heterocycles. The minimum Gasteiger partial charge on any atom is -0.291 e. The number of Topliss-reactive ketones (excluding diaryl/α,β-unsaturated/α-hetero) is 1. The number of hydrogen-bond acceptors (Lipinski definition) is 3. The van der Waals surface area contributed by atoms with E-state index in [-0.39, 0.29) is 11.5 Å². The van der Waals surface area contributed by atoms with E-state index in [1.54, 1.807) is 12.3 Å². The predicted octanol–water partition coefficient (Wildman–Crippen LogP) is 0.828. The van der Waals surface area contributed by atoms with Crippen molar-refractivity contribution in [1.29, 1.82) is 5.26 Å². The second kappa shape index (κ2) is 2.44. The molecule has 0 saturated heterocycles. The van der Waals surface area contributed by atoms with E-state index in [4.69, 9.17) is 5.26 Å². The Hall–Kier alpha value is -1.43. The lowest BCUT2D eigenvalue weighted by Crippen LogP contribution is -2.14. The van der Waals surface area contributed by atoms with Crippen molar-refractivity contribution < 1.29 is 4.79 Å². The zero-order valence-corrected chi connectivity index (χ0v) is 5.59. The molecule has 50 valence electrons. The average Bonchev–Trinajstić information content (AvgIpc) is 1.88. The van der Waals surface area contributed by atoms with Gasteiger partial charge in [0.25, 0.3) is 0 Å². The fourth-order valence-electron chi connectivity index (χ4n) is 0.721. The highest BCUT2D eigenvalue weighted by atomic mass is 16.1. The third-order valence-electron chi connectivity index (χ3n) is 1.22. The summed E-state index contributed by atoms with van der Waals surface area (Å²) in [4.78, 5) is 14.5. The first-order chi connectivity index (χ1) is 4.74. The van der Waals surface area contributed by atoms with Gasteiger partial charge in [0.05, 0.1) is 0 Å². The van der Waals surface area contributed by atoms with E-state index < -0.39 is 0 Å². The number of aliphatic imine (C=N–C) groups is 1. The van der Waals surface area contributed by atoms with Crippen LogP contribution in [0.5, 0.6) is 0 Å². The number of allylic oxidation sites excluding steroid dienone is 1. The molecule has 0 unspecified atom stereocenters. The van der Waals surface area contributed by atoms with Crippen molar-refractivity contribution in [2.75, 3.05) is 0 Å². The highest BCUT2D eigenvalue weighted by molar-refractivity contribution is 6.46. The van der Waals surface area contributed by atoms with Crippen LogP contribution < -0.4 is 0 Å². The summed E-state index contributed by atoms with van der Waals surface area (Å²) < 4.78 is 0. The van der Waals surface area contributed by atoms with E-state index in [2.05, 4.69) is 4.99 Å². The molecule has 0 aromatic rings. The highest BCUT2D eigenvalue weighted by Crippen LogP contribution is 2.07. The summed E-state index contributed by atoms with van der Waals surface area (Å²) in [6, 6.07) is 1.73. The van der Waals surface area contributed by atoms with Crippen molar-refractivity contribution in [1.82, 2.24) is 0 Å². The Morgan fingerprint density at radius 1 is 1.80 bits per heavy atom. The van der Waals surface area contributed by atoms with Crippen molar-refractivity contribution in [2.24, 2.45) is 4.99 Å². The summed E-state index contributed by atoms with van der Waals surface area (Å²) >= 11 is 0. The molecule has 1 aliphatic rings. The molecule has 0 radical (unpaired) electrons. The third kappa shape index (κ3) is 1.11. The van der Waals surface area contributed by atoms with Gasteiger partial charge in [0.2, 0.25) is 0 Å². The smallest absolute Gasteiger partial charge is 0.195 e. The second-order valence-electron chi connectivity index (χ2n) is 2.16. The molecule has 0 atom stereocenters. The maximum absolute atomic E-state index is 10.8. The Balaban J connectivity index is 2.95. The maximum Gasteiger partial charge on any atom is 0.195 e. The molecule has 0 aromatic heterocycles. The van der Waals surface area contributed by atoms with Crippen LogP contribution in [0.1, 0.15) is 13.3 Å². The van der Waals surface area contributed by atoms with Gasteiger partial charge < -0.3 is 0 Å². The quantitative estimate of drug-likeness (QED) is 0.492. The molecule has 0 aromatic carbocycles. The van der Waals surface area contributed by atoms with Gasteiger partial charge in [-0.1, -0.05) is 0 Å². The topological polar surface area (TPSA) is 53.2 Å². The molecule has 3 heteroatoms. The largest absolute Gasteiger partial charge is 0.291 e. The molecular weight excluding hydrogens is 128 g/mol. The number of carbonyl (C=O) groups excluding carboxylic acids is 1. The lowest BCUT2D eigenvalue weighted by atomic mass is 10.1. The Bertz CT molecular complexity index is 268. The zero-order valence-electron chi connectivity index (χ0n) is 5.59. The van der Waals surface area contributed by atoms with E-state index in [1.165, 1.54) is 0 Å². The average molecular weight is 134 g/mol. The molecule has 1 heterocycles. The molecule has 0 amide bonds. The van der Waals surface area contributed by atoms with E-state index in [0.29, 0.717) is 6.42 Å². The van der Waals surface area contributed by atoms with E-state index >= 15 is 0 Å². The molecule has 0 fully saturated rings. The van der Waals surface area contributed by atoms with Crippen LogP contribution in [0, 0.1) is 11.3 Å². The fourth-order valence-corrected chi connectivity index (χ4v) is 0.721. The first-order valence-electron chi connectivity index (χ1n) is 2.91. The predicted molar refractivity (Wildman–Crippen MR) is 36.4 cm³/mol. The van der Waals surface area contributed by atoms with Crippen LogP contribution in [0.15, 0.2) is 16.8 Å². The molecule has 0 spiro atoms. The van der Waals surface area contributed by atoms with Gasteiger partial charge in [-0.15, -0.1) is 0 Å². The number of nitrogens with zero attached hydrogens (tertiary/aromatic N) is 2. The molecule has 0 N–H and O–H groups in total. The maximum atomic E-state index is 10.8. The third-order valence-corrected chi connectivity index (χ3v) is 1.22. The summed E-state index contributed by atoms with van der Waals surface area (Å²) in [5.41, 5.74) is 0.926. The zero-order chi connectivity index (χ0) is 7.56. The number of carbonyl (C=O) groups is 1. The molecule has 0 aliphatic carbocycles. The van der Waals surface area contributed by atoms with Crippen LogP contribution in [-0.4, -0.2) is 11.5 Å². The van der Waals surface area contributed by atoms with Gasteiger partial charge in [-0.25, -0.2) is 4.99 Å². The molecular formula is C7H6N2O. The summed E-state index contributed by atoms with van der Waals surface area (Å²) in [6.45, 7) is 1.82. The van der Waals surface area contributed by atoms with Crippen molar-refractivity contribution in [3.05, 3.63) is 11.8 Å². The normalized spacial score (nSPS) is 17.4. The minimum atomic E-state index is -0.178. The number of nitriles is 1. The number of ketones is 1. The van der Waals surface area contributed by atoms with Gasteiger partial charge in [-0.3, -0.25) is 4.79 Å². The highest BCUT2D eigenvalue weighted by Gasteiger charge is 2.13. The van der Waals surface area contributed by atoms with Gasteiger partial charge in [0, 0.05) is 12.6 Å². The lowest BCUT2D eigenvalue weighted by molar-refractivity contribution is -0.112. The van der Waals surface area contributed by atoms with E-state index in [9.17, 15) is 4.79 Å². The van der Waals surface area contributed by atoms with Crippen molar-refractivity contribution in [2.45, 2.75) is 13.3 Å². The van der Waals surface area contributed by atoms with Crippen LogP contribution in [0.25, 0.3) is 0 Å². The molecule has 3 nitrogen and oxygen atoms in total. The standard InChI is InChI=1S/C7H6N2O/c1-5-2-7(10)6(3-8)9-4-5/h4H,2H2,1H3. The van der Waals surface area contributed by atoms with Gasteiger partial charge >= 0.3 is 0 Å². The fraction of sp³-hybridized carbons (Fsp3) is 0.286. The first-order valence-corrected chi connectivity index (χ1v) is 2.91. The second-order valence-corrected chi connectivity index (χ2v) is 2.16. The van der Waals surface area contributed by atoms with Crippen LogP contribution in [0.4, 0.5) is 0 Å². The Kier molecular flexibility index (Phi) is 1.63. The van der Waals surface area contributed by atoms with Crippen LogP contribution in [0.2, 0.25) is 0 Å². The summed E-state index contributed by atoms with van der Waals surface area (Å²) in [5.74, 6) is -0.178. The van der Waals surface area contributed by atoms with Crippen molar-refractivity contribution >= 4 is 11.5 Å². The van der Waals surface area contributed by atoms with Crippen LogP contribution in [-0.2, 0) is 4.79 Å². The summed E-state index contributed by atoms with van der Waals surface area (Å²) in [6.07, 6.45) is 1.90. The number of rotatable bonds is 0. The van der Waals surface area contributed by atoms with Crippen molar-refractivity contribution in [3.8, 4) is 6.07 Å². The van der Waals surface area contributed by atoms with Crippen molar-refractivity contribution in [3.63, 3.8) is 0 Å². The lowest BCUT2D eigenvalue weighted by Gasteiger charge is -2.01. The SMILES string of the molecule is CC1=CN=C(C#N)C(=O)C1. The van der Waals surface area contributed by atoms with Crippen LogP contribution >= 0.6 is 0 Å². The van der Waals surface area contributed by atoms with Gasteiger partial charge in [-0.2, -0.15) is 5.26 Å². The summed E-state index contributed by atoms with van der Waals surface area (Å²) in [7, 11) is 0. The first kappa shape index (κ1) is 6.69. The molecule has 0 saturated carbocycles. The Labute approximate surface area is 58.7 Å². The minimum absolute atomic E-state index is 0.0191.